The number of anilines is 1. The predicted molar refractivity (Wildman–Crippen MR) is 105 cm³/mol. The maximum Gasteiger partial charge on any atom is 0.278 e. The summed E-state index contributed by atoms with van der Waals surface area (Å²) >= 11 is 1.03. The highest BCUT2D eigenvalue weighted by atomic mass is 32.2. The van der Waals surface area contributed by atoms with Gasteiger partial charge in [-0.05, 0) is 18.6 Å². The average molecular weight is 397 g/mol. The molecular weight excluding hydrogens is 382 g/mol. The van der Waals surface area contributed by atoms with E-state index in [2.05, 4.69) is 20.5 Å². The summed E-state index contributed by atoms with van der Waals surface area (Å²) in [4.78, 5) is 37.2. The summed E-state index contributed by atoms with van der Waals surface area (Å²) in [7, 11) is 0. The van der Waals surface area contributed by atoms with Gasteiger partial charge in [0.15, 0.2) is 10.9 Å². The first-order chi connectivity index (χ1) is 13.4. The Morgan fingerprint density at radius 2 is 1.96 bits per heavy atom. The quantitative estimate of drug-likeness (QED) is 0.371. The minimum atomic E-state index is -0.497. The van der Waals surface area contributed by atoms with E-state index in [1.54, 1.807) is 31.2 Å². The van der Waals surface area contributed by atoms with E-state index in [0.29, 0.717) is 16.8 Å². The number of rotatable bonds is 6. The summed E-state index contributed by atoms with van der Waals surface area (Å²) in [6.07, 6.45) is 0. The molecule has 0 bridgehead atoms. The van der Waals surface area contributed by atoms with Gasteiger partial charge in [0.05, 0.1) is 10.7 Å². The molecule has 1 amide bonds. The van der Waals surface area contributed by atoms with E-state index in [1.807, 2.05) is 6.07 Å². The number of nitro groups is 1. The highest BCUT2D eigenvalue weighted by Crippen LogP contribution is 2.22. The van der Waals surface area contributed by atoms with E-state index in [9.17, 15) is 19.7 Å². The third-order valence-corrected chi connectivity index (χ3v) is 4.62. The van der Waals surface area contributed by atoms with Gasteiger partial charge < -0.3 is 5.32 Å². The summed E-state index contributed by atoms with van der Waals surface area (Å²) in [5.41, 5.74) is 1.48. The minimum absolute atomic E-state index is 0.00820. The van der Waals surface area contributed by atoms with E-state index in [4.69, 9.17) is 0 Å². The lowest BCUT2D eigenvalue weighted by atomic mass is 10.2. The Morgan fingerprint density at radius 3 is 2.61 bits per heavy atom. The number of aryl methyl sites for hydroxylation is 1. The van der Waals surface area contributed by atoms with Crippen molar-refractivity contribution >= 4 is 29.0 Å². The zero-order valence-electron chi connectivity index (χ0n) is 14.7. The normalized spacial score (nSPS) is 10.5. The van der Waals surface area contributed by atoms with Crippen molar-refractivity contribution in [1.29, 1.82) is 0 Å². The van der Waals surface area contributed by atoms with Crippen LogP contribution in [0.2, 0.25) is 0 Å². The molecule has 1 aromatic heterocycles. The van der Waals surface area contributed by atoms with E-state index in [1.165, 1.54) is 18.2 Å². The van der Waals surface area contributed by atoms with Crippen LogP contribution in [-0.4, -0.2) is 31.8 Å². The first kappa shape index (κ1) is 19.2. The Morgan fingerprint density at radius 1 is 1.21 bits per heavy atom. The number of nitrogens with one attached hydrogen (secondary N) is 2. The first-order valence-corrected chi connectivity index (χ1v) is 9.12. The van der Waals surface area contributed by atoms with Gasteiger partial charge in [0, 0.05) is 23.4 Å². The molecule has 10 heteroatoms. The Balaban J connectivity index is 1.63. The molecule has 0 aliphatic carbocycles. The Bertz CT molecular complexity index is 1080. The monoisotopic (exact) mass is 397 g/mol. The topological polar surface area (TPSA) is 131 Å². The van der Waals surface area contributed by atoms with E-state index < -0.39 is 10.5 Å². The SMILES string of the molecule is Cc1cc([N+](=O)[O-])ccc1NC(=O)CSc1nnc(-c2ccccc2)c(=O)[nH]1. The van der Waals surface area contributed by atoms with Crippen molar-refractivity contribution in [2.45, 2.75) is 12.1 Å². The molecule has 28 heavy (non-hydrogen) atoms. The molecule has 1 heterocycles. The number of carbonyl (C=O) groups excluding carboxylic acids is 1. The van der Waals surface area contributed by atoms with Gasteiger partial charge >= 0.3 is 0 Å². The van der Waals surface area contributed by atoms with Gasteiger partial charge in [-0.15, -0.1) is 10.2 Å². The number of aromatic amines is 1. The van der Waals surface area contributed by atoms with Crippen molar-refractivity contribution < 1.29 is 9.72 Å². The number of benzene rings is 2. The predicted octanol–water partition coefficient (Wildman–Crippen LogP) is 2.78. The second-order valence-corrected chi connectivity index (χ2v) is 6.73. The zero-order valence-corrected chi connectivity index (χ0v) is 15.5. The number of amides is 1. The standard InChI is InChI=1S/C18H15N5O4S/c1-11-9-13(23(26)27)7-8-14(11)19-15(24)10-28-18-20-17(25)16(21-22-18)12-5-3-2-4-6-12/h2-9H,10H2,1H3,(H,19,24)(H,20,22,25). The highest BCUT2D eigenvalue weighted by molar-refractivity contribution is 7.99. The summed E-state index contributed by atoms with van der Waals surface area (Å²) in [6, 6.07) is 13.1. The second kappa shape index (κ2) is 8.44. The fourth-order valence-corrected chi connectivity index (χ4v) is 3.00. The molecule has 3 aromatic rings. The molecule has 0 aliphatic rings. The molecule has 0 aliphatic heterocycles. The first-order valence-electron chi connectivity index (χ1n) is 8.14. The van der Waals surface area contributed by atoms with Crippen molar-refractivity contribution in [3.8, 4) is 11.3 Å². The van der Waals surface area contributed by atoms with Crippen molar-refractivity contribution in [3.63, 3.8) is 0 Å². The average Bonchev–Trinajstić information content (AvgIpc) is 2.68. The molecule has 0 fully saturated rings. The lowest BCUT2D eigenvalue weighted by Gasteiger charge is -2.08. The number of nitrogens with zero attached hydrogens (tertiary/aromatic N) is 3. The van der Waals surface area contributed by atoms with Crippen LogP contribution in [0.1, 0.15) is 5.56 Å². The molecule has 9 nitrogen and oxygen atoms in total. The van der Waals surface area contributed by atoms with Crippen molar-refractivity contribution in [3.05, 3.63) is 74.6 Å². The second-order valence-electron chi connectivity index (χ2n) is 5.77. The number of nitro benzene ring substituents is 1. The van der Waals surface area contributed by atoms with Crippen LogP contribution in [-0.2, 0) is 4.79 Å². The third kappa shape index (κ3) is 4.60. The minimum Gasteiger partial charge on any atom is -0.325 e. The summed E-state index contributed by atoms with van der Waals surface area (Å²) in [5.74, 6) is -0.345. The molecule has 3 rings (SSSR count). The fourth-order valence-electron chi connectivity index (χ4n) is 2.39. The van der Waals surface area contributed by atoms with Gasteiger partial charge in [-0.1, -0.05) is 42.1 Å². The van der Waals surface area contributed by atoms with Gasteiger partial charge in [0.25, 0.3) is 11.2 Å². The highest BCUT2D eigenvalue weighted by Gasteiger charge is 2.12. The lowest BCUT2D eigenvalue weighted by molar-refractivity contribution is -0.384. The largest absolute Gasteiger partial charge is 0.325 e. The van der Waals surface area contributed by atoms with Crippen LogP contribution in [0.15, 0.2) is 58.5 Å². The van der Waals surface area contributed by atoms with Gasteiger partial charge in [-0.3, -0.25) is 24.7 Å². The van der Waals surface area contributed by atoms with Crippen molar-refractivity contribution in [2.75, 3.05) is 11.1 Å². The molecule has 0 saturated carbocycles. The Hall–Kier alpha value is -3.53. The number of hydrogen-bond acceptors (Lipinski definition) is 7. The number of H-pyrrole nitrogens is 1. The molecule has 0 unspecified atom stereocenters. The number of aromatic nitrogens is 3. The van der Waals surface area contributed by atoms with Crippen LogP contribution >= 0.6 is 11.8 Å². The molecule has 142 valence electrons. The number of thioether (sulfide) groups is 1. The van der Waals surface area contributed by atoms with Gasteiger partial charge in [-0.25, -0.2) is 0 Å². The number of non-ortho nitro benzene ring substituents is 1. The van der Waals surface area contributed by atoms with E-state index >= 15 is 0 Å². The summed E-state index contributed by atoms with van der Waals surface area (Å²) in [5, 5.41) is 21.5. The third-order valence-electron chi connectivity index (χ3n) is 3.76. The maximum atomic E-state index is 12.2. The maximum absolute atomic E-state index is 12.2. The number of hydrogen-bond donors (Lipinski definition) is 2. The van der Waals surface area contributed by atoms with Gasteiger partial charge in [0.2, 0.25) is 5.91 Å². The van der Waals surface area contributed by atoms with Crippen molar-refractivity contribution in [2.24, 2.45) is 0 Å². The molecule has 2 N–H and O–H groups in total. The summed E-state index contributed by atoms with van der Waals surface area (Å²) in [6.45, 7) is 1.67. The molecule has 0 radical (unpaired) electrons. The van der Waals surface area contributed by atoms with Gasteiger partial charge in [0.1, 0.15) is 0 Å². The Kier molecular flexibility index (Phi) is 5.80. The van der Waals surface area contributed by atoms with Crippen LogP contribution in [0.25, 0.3) is 11.3 Å². The van der Waals surface area contributed by atoms with Crippen molar-refractivity contribution in [1.82, 2.24) is 15.2 Å². The number of carbonyl (C=O) groups is 1. The van der Waals surface area contributed by atoms with E-state index in [0.717, 1.165) is 11.8 Å². The molecule has 0 saturated heterocycles. The molecular formula is C18H15N5O4S. The smallest absolute Gasteiger partial charge is 0.278 e. The Labute approximate surface area is 163 Å². The summed E-state index contributed by atoms with van der Waals surface area (Å²) < 4.78 is 0. The lowest BCUT2D eigenvalue weighted by Crippen LogP contribution is -2.17. The fraction of sp³-hybridized carbons (Fsp3) is 0.111. The molecule has 0 atom stereocenters. The van der Waals surface area contributed by atoms with Crippen LogP contribution in [0, 0.1) is 17.0 Å². The zero-order chi connectivity index (χ0) is 20.1. The molecule has 2 aromatic carbocycles. The van der Waals surface area contributed by atoms with E-state index in [-0.39, 0.29) is 28.2 Å². The van der Waals surface area contributed by atoms with Crippen LogP contribution in [0.5, 0.6) is 0 Å². The van der Waals surface area contributed by atoms with Gasteiger partial charge in [-0.2, -0.15) is 0 Å². The van der Waals surface area contributed by atoms with Crippen LogP contribution in [0.3, 0.4) is 0 Å². The van der Waals surface area contributed by atoms with Crippen LogP contribution in [0.4, 0.5) is 11.4 Å². The molecule has 0 spiro atoms. The van der Waals surface area contributed by atoms with Crippen LogP contribution < -0.4 is 10.9 Å².